The number of aromatic nitrogens is 1. The Bertz CT molecular complexity index is 488. The zero-order valence-corrected chi connectivity index (χ0v) is 13.9. The molecule has 22 heavy (non-hydrogen) atoms. The number of primary amides is 1. The first-order valence-corrected chi connectivity index (χ1v) is 5.91. The Morgan fingerprint density at radius 1 is 1.32 bits per heavy atom. The zero-order chi connectivity index (χ0) is 15.0. The Hall–Kier alpha value is -1.61. The van der Waals surface area contributed by atoms with Crippen LogP contribution in [0, 0.1) is 0 Å². The maximum atomic E-state index is 11.6. The summed E-state index contributed by atoms with van der Waals surface area (Å²) in [7, 11) is 2.96. The van der Waals surface area contributed by atoms with Crippen molar-refractivity contribution in [2.45, 2.75) is 0 Å². The van der Waals surface area contributed by atoms with Crippen molar-refractivity contribution in [1.82, 2.24) is 10.3 Å². The highest BCUT2D eigenvalue weighted by Gasteiger charge is 2.12. The average molecular weight is 355 g/mol. The van der Waals surface area contributed by atoms with Gasteiger partial charge in [-0.15, -0.1) is 24.8 Å². The monoisotopic (exact) mass is 354 g/mol. The van der Waals surface area contributed by atoms with E-state index in [4.69, 9.17) is 15.2 Å². The van der Waals surface area contributed by atoms with Crippen LogP contribution in [0.3, 0.4) is 0 Å². The van der Waals surface area contributed by atoms with Gasteiger partial charge in [0.25, 0.3) is 5.91 Å². The summed E-state index contributed by atoms with van der Waals surface area (Å²) >= 11 is 0. The quantitative estimate of drug-likeness (QED) is 0.574. The molecule has 0 aromatic carbocycles. The summed E-state index contributed by atoms with van der Waals surface area (Å²) in [6.45, 7) is 1.21. The third-order valence-electron chi connectivity index (χ3n) is 2.36. The molecule has 0 aliphatic carbocycles. The van der Waals surface area contributed by atoms with E-state index in [9.17, 15) is 9.59 Å². The minimum absolute atomic E-state index is 0. The minimum Gasteiger partial charge on any atom is -0.480 e. The fourth-order valence-electron chi connectivity index (χ4n) is 1.44. The van der Waals surface area contributed by atoms with Crippen molar-refractivity contribution in [3.8, 4) is 5.88 Å². The molecule has 1 heterocycles. The molecule has 0 aliphatic heterocycles. The van der Waals surface area contributed by atoms with Crippen LogP contribution in [0.2, 0.25) is 0 Å². The van der Waals surface area contributed by atoms with Crippen LogP contribution in [0.4, 0.5) is 5.69 Å². The van der Waals surface area contributed by atoms with Crippen molar-refractivity contribution < 1.29 is 19.1 Å². The van der Waals surface area contributed by atoms with Crippen LogP contribution in [-0.4, -0.2) is 50.7 Å². The third-order valence-corrected chi connectivity index (χ3v) is 2.36. The van der Waals surface area contributed by atoms with Gasteiger partial charge in [0.15, 0.2) is 0 Å². The summed E-state index contributed by atoms with van der Waals surface area (Å²) in [6.07, 6.45) is 1.39. The van der Waals surface area contributed by atoms with Crippen molar-refractivity contribution in [1.29, 1.82) is 0 Å². The largest absolute Gasteiger partial charge is 0.480 e. The molecule has 4 N–H and O–H groups in total. The number of pyridine rings is 1. The lowest BCUT2D eigenvalue weighted by atomic mass is 10.2. The lowest BCUT2D eigenvalue weighted by molar-refractivity contribution is -0.115. The molecule has 1 aromatic heterocycles. The number of nitrogens with zero attached hydrogens (tertiary/aromatic N) is 1. The van der Waals surface area contributed by atoms with Crippen LogP contribution >= 0.6 is 24.8 Å². The van der Waals surface area contributed by atoms with E-state index in [1.807, 2.05) is 0 Å². The van der Waals surface area contributed by atoms with Gasteiger partial charge in [0.2, 0.25) is 11.8 Å². The van der Waals surface area contributed by atoms with Crippen LogP contribution in [0.25, 0.3) is 0 Å². The van der Waals surface area contributed by atoms with Gasteiger partial charge in [0.05, 0.1) is 32.1 Å². The maximum absolute atomic E-state index is 11.6. The van der Waals surface area contributed by atoms with E-state index in [0.717, 1.165) is 0 Å². The first kappa shape index (κ1) is 22.7. The Balaban J connectivity index is 0. The first-order chi connectivity index (χ1) is 9.58. The highest BCUT2D eigenvalue weighted by molar-refractivity contribution is 5.98. The molecule has 0 aliphatic rings. The number of anilines is 1. The third kappa shape index (κ3) is 7.41. The second kappa shape index (κ2) is 12.0. The lowest BCUT2D eigenvalue weighted by Gasteiger charge is -2.09. The van der Waals surface area contributed by atoms with Crippen molar-refractivity contribution in [3.63, 3.8) is 0 Å². The Labute approximate surface area is 141 Å². The summed E-state index contributed by atoms with van der Waals surface area (Å²) in [5, 5.41) is 5.49. The SMILES string of the molecule is COCCNCC(=O)Nc1cnc(OC)c(C(N)=O)c1.Cl.Cl. The van der Waals surface area contributed by atoms with Gasteiger partial charge in [-0.25, -0.2) is 4.98 Å². The van der Waals surface area contributed by atoms with Crippen molar-refractivity contribution in [2.24, 2.45) is 5.73 Å². The van der Waals surface area contributed by atoms with Crippen LogP contribution in [0.5, 0.6) is 5.88 Å². The van der Waals surface area contributed by atoms with Gasteiger partial charge in [-0.3, -0.25) is 9.59 Å². The van der Waals surface area contributed by atoms with E-state index in [0.29, 0.717) is 18.8 Å². The summed E-state index contributed by atoms with van der Waals surface area (Å²) in [4.78, 5) is 26.8. The second-order valence-electron chi connectivity index (χ2n) is 3.86. The molecule has 0 spiro atoms. The predicted molar refractivity (Wildman–Crippen MR) is 87.2 cm³/mol. The first-order valence-electron chi connectivity index (χ1n) is 5.91. The minimum atomic E-state index is -0.677. The number of hydrogen-bond donors (Lipinski definition) is 3. The lowest BCUT2D eigenvalue weighted by Crippen LogP contribution is -2.30. The highest BCUT2D eigenvalue weighted by atomic mass is 35.5. The number of halogens is 2. The van der Waals surface area contributed by atoms with Crippen LogP contribution in [-0.2, 0) is 9.53 Å². The Morgan fingerprint density at radius 2 is 2.00 bits per heavy atom. The second-order valence-corrected chi connectivity index (χ2v) is 3.86. The van der Waals surface area contributed by atoms with E-state index in [1.54, 1.807) is 7.11 Å². The van der Waals surface area contributed by atoms with Crippen LogP contribution < -0.4 is 21.1 Å². The number of nitrogens with two attached hydrogens (primary N) is 1. The Kier molecular flexibility index (Phi) is 12.4. The normalized spacial score (nSPS) is 9.18. The van der Waals surface area contributed by atoms with E-state index in [-0.39, 0.29) is 48.7 Å². The van der Waals surface area contributed by atoms with Gasteiger partial charge in [0, 0.05) is 13.7 Å². The summed E-state index contributed by atoms with van der Waals surface area (Å²) in [5.41, 5.74) is 5.69. The predicted octanol–water partition coefficient (Wildman–Crippen LogP) is 0.207. The maximum Gasteiger partial charge on any atom is 0.254 e. The molecule has 0 radical (unpaired) electrons. The summed E-state index contributed by atoms with van der Waals surface area (Å²) in [6, 6.07) is 1.42. The van der Waals surface area contributed by atoms with Gasteiger partial charge >= 0.3 is 0 Å². The number of rotatable bonds is 8. The molecular weight excluding hydrogens is 335 g/mol. The average Bonchev–Trinajstić information content (AvgIpc) is 2.43. The number of ether oxygens (including phenoxy) is 2. The molecular formula is C12H20Cl2N4O4. The molecule has 0 saturated heterocycles. The standard InChI is InChI=1S/C12H18N4O4.2ClH/c1-19-4-3-14-7-10(17)16-8-5-9(11(13)18)12(20-2)15-6-8;;/h5-6,14H,3-4,7H2,1-2H3,(H2,13,18)(H,16,17);2*1H. The molecule has 0 atom stereocenters. The fourth-order valence-corrected chi connectivity index (χ4v) is 1.44. The molecule has 1 rings (SSSR count). The molecule has 0 bridgehead atoms. The molecule has 8 nitrogen and oxygen atoms in total. The number of nitrogens with one attached hydrogen (secondary N) is 2. The number of hydrogen-bond acceptors (Lipinski definition) is 6. The van der Waals surface area contributed by atoms with E-state index in [2.05, 4.69) is 15.6 Å². The van der Waals surface area contributed by atoms with Crippen molar-refractivity contribution >= 4 is 42.3 Å². The topological polar surface area (TPSA) is 116 Å². The van der Waals surface area contributed by atoms with Crippen LogP contribution in [0.15, 0.2) is 12.3 Å². The van der Waals surface area contributed by atoms with Gasteiger partial charge in [-0.2, -0.15) is 0 Å². The Morgan fingerprint density at radius 3 is 2.55 bits per heavy atom. The number of carbonyl (C=O) groups excluding carboxylic acids is 2. The highest BCUT2D eigenvalue weighted by Crippen LogP contribution is 2.18. The smallest absolute Gasteiger partial charge is 0.254 e. The van der Waals surface area contributed by atoms with E-state index in [1.165, 1.54) is 19.4 Å². The van der Waals surface area contributed by atoms with Crippen LogP contribution in [0.1, 0.15) is 10.4 Å². The molecule has 0 unspecified atom stereocenters. The van der Waals surface area contributed by atoms with Gasteiger partial charge in [-0.05, 0) is 6.07 Å². The summed E-state index contributed by atoms with van der Waals surface area (Å²) < 4.78 is 9.75. The van der Waals surface area contributed by atoms with Crippen molar-refractivity contribution in [2.75, 3.05) is 39.2 Å². The zero-order valence-electron chi connectivity index (χ0n) is 12.3. The van der Waals surface area contributed by atoms with Gasteiger partial charge in [-0.1, -0.05) is 0 Å². The summed E-state index contributed by atoms with van der Waals surface area (Å²) in [5.74, 6) is -0.819. The number of carbonyl (C=O) groups is 2. The molecule has 10 heteroatoms. The van der Waals surface area contributed by atoms with Gasteiger partial charge in [0.1, 0.15) is 5.56 Å². The molecule has 1 aromatic rings. The van der Waals surface area contributed by atoms with E-state index < -0.39 is 5.91 Å². The van der Waals surface area contributed by atoms with E-state index >= 15 is 0 Å². The number of methoxy groups -OCH3 is 2. The molecule has 0 fully saturated rings. The van der Waals surface area contributed by atoms with Gasteiger partial charge < -0.3 is 25.8 Å². The number of amides is 2. The molecule has 0 saturated carbocycles. The molecule has 126 valence electrons. The van der Waals surface area contributed by atoms with Crippen molar-refractivity contribution in [3.05, 3.63) is 17.8 Å². The molecule has 2 amide bonds. The fraction of sp³-hybridized carbons (Fsp3) is 0.417.